The number of rotatable bonds is 31. The molecule has 268 valence electrons. The predicted octanol–water partition coefficient (Wildman–Crippen LogP) is 8.38. The largest absolute Gasteiger partial charge is 0.756 e. The van der Waals surface area contributed by atoms with Crippen molar-refractivity contribution in [1.82, 2.24) is 0 Å². The van der Waals surface area contributed by atoms with Crippen LogP contribution in [0.1, 0.15) is 129 Å². The number of hydrogen-bond donors (Lipinski definition) is 0. The lowest BCUT2D eigenvalue weighted by molar-refractivity contribution is -0.870. The fourth-order valence-corrected chi connectivity index (χ4v) is 5.10. The number of allylic oxidation sites excluding steroid dienone is 6. The molecule has 0 aliphatic heterocycles. The summed E-state index contributed by atoms with van der Waals surface area (Å²) in [6.45, 7) is 4.02. The average molecular weight is 672 g/mol. The van der Waals surface area contributed by atoms with Crippen LogP contribution in [-0.2, 0) is 32.7 Å². The highest BCUT2D eigenvalue weighted by Gasteiger charge is 2.21. The number of nitrogens with zero attached hydrogens (tertiary/aromatic N) is 1. The molecule has 0 fully saturated rings. The maximum atomic E-state index is 12.5. The fraction of sp³-hybridized carbons (Fsp3) is 0.778. The van der Waals surface area contributed by atoms with Crippen molar-refractivity contribution >= 4 is 19.8 Å². The van der Waals surface area contributed by atoms with E-state index in [4.69, 9.17) is 18.5 Å². The van der Waals surface area contributed by atoms with Gasteiger partial charge in [-0.15, -0.1) is 0 Å². The summed E-state index contributed by atoms with van der Waals surface area (Å²) in [5, 5.41) is 0. The topological polar surface area (TPSA) is 111 Å². The van der Waals surface area contributed by atoms with Crippen LogP contribution in [0.3, 0.4) is 0 Å². The molecule has 0 saturated carbocycles. The van der Waals surface area contributed by atoms with Gasteiger partial charge in [0.05, 0.1) is 27.7 Å². The third kappa shape index (κ3) is 32.2. The summed E-state index contributed by atoms with van der Waals surface area (Å²) in [6.07, 6.45) is 29.0. The van der Waals surface area contributed by atoms with Gasteiger partial charge in [0.2, 0.25) is 0 Å². The van der Waals surface area contributed by atoms with Crippen molar-refractivity contribution in [1.29, 1.82) is 0 Å². The fourth-order valence-electron chi connectivity index (χ4n) is 4.37. The van der Waals surface area contributed by atoms with Crippen molar-refractivity contribution in [2.45, 2.75) is 136 Å². The van der Waals surface area contributed by atoms with Crippen LogP contribution in [0.5, 0.6) is 0 Å². The number of likely N-dealkylation sites (N-methyl/N-ethyl adjacent to an activating group) is 1. The predicted molar refractivity (Wildman–Crippen MR) is 185 cm³/mol. The molecule has 0 radical (unpaired) electrons. The molecule has 46 heavy (non-hydrogen) atoms. The second-order valence-corrected chi connectivity index (χ2v) is 14.3. The van der Waals surface area contributed by atoms with Crippen molar-refractivity contribution in [3.63, 3.8) is 0 Å². The maximum absolute atomic E-state index is 12.5. The van der Waals surface area contributed by atoms with Gasteiger partial charge in [-0.2, -0.15) is 0 Å². The molecule has 2 unspecified atom stereocenters. The van der Waals surface area contributed by atoms with Crippen molar-refractivity contribution in [2.75, 3.05) is 47.5 Å². The molecule has 0 aliphatic rings. The highest BCUT2D eigenvalue weighted by Crippen LogP contribution is 2.38. The van der Waals surface area contributed by atoms with Crippen LogP contribution in [0.25, 0.3) is 0 Å². The number of phosphoric acid groups is 1. The van der Waals surface area contributed by atoms with E-state index in [1.165, 1.54) is 38.5 Å². The van der Waals surface area contributed by atoms with E-state index in [2.05, 4.69) is 50.3 Å². The van der Waals surface area contributed by atoms with Crippen LogP contribution in [-0.4, -0.2) is 70.0 Å². The first-order valence-electron chi connectivity index (χ1n) is 17.7. The average Bonchev–Trinajstić information content (AvgIpc) is 2.99. The molecule has 0 N–H and O–H groups in total. The van der Waals surface area contributed by atoms with Crippen molar-refractivity contribution < 1.29 is 42.1 Å². The number of unbranched alkanes of at least 4 members (excludes halogenated alkanes) is 11. The molecule has 0 spiro atoms. The highest BCUT2D eigenvalue weighted by molar-refractivity contribution is 7.45. The summed E-state index contributed by atoms with van der Waals surface area (Å²) in [7, 11) is 1.14. The van der Waals surface area contributed by atoms with E-state index in [9.17, 15) is 19.0 Å². The Balaban J connectivity index is 4.54. The zero-order valence-electron chi connectivity index (χ0n) is 29.8. The highest BCUT2D eigenvalue weighted by atomic mass is 31.2. The lowest BCUT2D eigenvalue weighted by atomic mass is 10.1. The molecule has 0 rings (SSSR count). The van der Waals surface area contributed by atoms with Gasteiger partial charge in [-0.1, -0.05) is 108 Å². The molecular formula is C36H66NO8P. The third-order valence-electron chi connectivity index (χ3n) is 7.17. The number of phosphoric ester groups is 1. The van der Waals surface area contributed by atoms with Crippen molar-refractivity contribution in [3.05, 3.63) is 36.5 Å². The van der Waals surface area contributed by atoms with E-state index in [1.807, 2.05) is 21.1 Å². The standard InChI is InChI=1S/C36H66NO8P/c1-6-8-10-12-14-16-17-18-19-21-23-25-27-29-36(39)45-34(33-44-46(40,41)43-31-30-37(3,4)5)32-42-35(38)28-26-24-22-20-15-13-11-9-7-2/h8,10,14,16,18-19,34H,6-7,9,11-13,15,17,20-33H2,1-5H3/b10-8-,16-14-,19-18-. The first-order chi connectivity index (χ1) is 22.0. The molecule has 0 bridgehead atoms. The summed E-state index contributed by atoms with van der Waals surface area (Å²) in [5.41, 5.74) is 0. The Labute approximate surface area is 281 Å². The monoisotopic (exact) mass is 671 g/mol. The number of carbonyl (C=O) groups excluding carboxylic acids is 2. The van der Waals surface area contributed by atoms with Crippen LogP contribution in [0, 0.1) is 0 Å². The first kappa shape index (κ1) is 44.2. The second-order valence-electron chi connectivity index (χ2n) is 12.9. The third-order valence-corrected chi connectivity index (χ3v) is 8.14. The van der Waals surface area contributed by atoms with Gasteiger partial charge >= 0.3 is 11.9 Å². The van der Waals surface area contributed by atoms with Gasteiger partial charge in [0.15, 0.2) is 6.10 Å². The number of carbonyl (C=O) groups is 2. The Morgan fingerprint density at radius 1 is 0.696 bits per heavy atom. The lowest BCUT2D eigenvalue weighted by Gasteiger charge is -2.28. The molecule has 0 aromatic heterocycles. The van der Waals surface area contributed by atoms with Gasteiger partial charge in [0.1, 0.15) is 19.8 Å². The second kappa shape index (κ2) is 29.4. The minimum absolute atomic E-state index is 0.0367. The Morgan fingerprint density at radius 2 is 1.24 bits per heavy atom. The minimum atomic E-state index is -4.62. The Bertz CT molecular complexity index is 897. The van der Waals surface area contributed by atoms with Crippen LogP contribution in [0.2, 0.25) is 0 Å². The zero-order valence-corrected chi connectivity index (χ0v) is 30.7. The van der Waals surface area contributed by atoms with E-state index in [0.717, 1.165) is 57.8 Å². The minimum Gasteiger partial charge on any atom is -0.756 e. The van der Waals surface area contributed by atoms with Crippen LogP contribution in [0.15, 0.2) is 36.5 Å². The van der Waals surface area contributed by atoms with Crippen molar-refractivity contribution in [3.8, 4) is 0 Å². The van der Waals surface area contributed by atoms with Gasteiger partial charge < -0.3 is 27.9 Å². The number of ether oxygens (including phenoxy) is 2. The molecule has 2 atom stereocenters. The van der Waals surface area contributed by atoms with Gasteiger partial charge in [-0.3, -0.25) is 14.2 Å². The Hall–Kier alpha value is -1.77. The van der Waals surface area contributed by atoms with E-state index < -0.39 is 32.5 Å². The Morgan fingerprint density at radius 3 is 1.85 bits per heavy atom. The zero-order chi connectivity index (χ0) is 34.4. The summed E-state index contributed by atoms with van der Waals surface area (Å²) in [4.78, 5) is 37.1. The molecule has 0 heterocycles. The van der Waals surface area contributed by atoms with E-state index in [0.29, 0.717) is 17.4 Å². The molecule has 0 amide bonds. The maximum Gasteiger partial charge on any atom is 0.306 e. The Kier molecular flexibility index (Phi) is 28.2. The molecule has 0 aromatic rings. The summed E-state index contributed by atoms with van der Waals surface area (Å²) in [5.74, 6) is -0.876. The van der Waals surface area contributed by atoms with Gasteiger partial charge in [-0.25, -0.2) is 0 Å². The van der Waals surface area contributed by atoms with Gasteiger partial charge in [-0.05, 0) is 44.9 Å². The first-order valence-corrected chi connectivity index (χ1v) is 19.2. The molecule has 0 aromatic carbocycles. The van der Waals surface area contributed by atoms with E-state index >= 15 is 0 Å². The molecule has 0 aliphatic carbocycles. The van der Waals surface area contributed by atoms with Crippen molar-refractivity contribution in [2.24, 2.45) is 0 Å². The normalized spacial score (nSPS) is 14.3. The van der Waals surface area contributed by atoms with Crippen LogP contribution < -0.4 is 4.89 Å². The summed E-state index contributed by atoms with van der Waals surface area (Å²) >= 11 is 0. The number of hydrogen-bond acceptors (Lipinski definition) is 8. The van der Waals surface area contributed by atoms with E-state index in [-0.39, 0.29) is 26.1 Å². The lowest BCUT2D eigenvalue weighted by Crippen LogP contribution is -2.37. The summed E-state index contributed by atoms with van der Waals surface area (Å²) < 4.78 is 33.6. The van der Waals surface area contributed by atoms with Gasteiger partial charge in [0, 0.05) is 12.8 Å². The number of quaternary nitrogens is 1. The molecular weight excluding hydrogens is 605 g/mol. The van der Waals surface area contributed by atoms with Gasteiger partial charge in [0.25, 0.3) is 7.82 Å². The van der Waals surface area contributed by atoms with E-state index in [1.54, 1.807) is 0 Å². The quantitative estimate of drug-likeness (QED) is 0.0238. The molecule has 10 heteroatoms. The molecule has 9 nitrogen and oxygen atoms in total. The van der Waals surface area contributed by atoms with Crippen LogP contribution in [0.4, 0.5) is 0 Å². The summed E-state index contributed by atoms with van der Waals surface area (Å²) in [6, 6.07) is 0. The number of esters is 2. The van der Waals surface area contributed by atoms with Crippen LogP contribution >= 0.6 is 7.82 Å². The SMILES string of the molecule is CC/C=C\C/C=C\C/C=C\CCCCCC(=O)OC(COC(=O)CCCCCCCCCCC)COP(=O)([O-])OCC[N+](C)(C)C. The smallest absolute Gasteiger partial charge is 0.306 e. The molecule has 0 saturated heterocycles.